The fourth-order valence-corrected chi connectivity index (χ4v) is 3.16. The third-order valence-electron chi connectivity index (χ3n) is 4.53. The fourth-order valence-electron chi connectivity index (χ4n) is 3.16. The highest BCUT2D eigenvalue weighted by atomic mass is 16.5. The first-order chi connectivity index (χ1) is 12.7. The summed E-state index contributed by atoms with van der Waals surface area (Å²) in [6, 6.07) is 15.4. The van der Waals surface area contributed by atoms with Gasteiger partial charge < -0.3 is 14.7 Å². The minimum atomic E-state index is -1.08. The minimum Gasteiger partial charge on any atom is -0.497 e. The molecule has 1 N–H and O–H groups in total. The van der Waals surface area contributed by atoms with E-state index in [0.717, 1.165) is 6.42 Å². The Morgan fingerprint density at radius 3 is 2.50 bits per heavy atom. The lowest BCUT2D eigenvalue weighted by Gasteiger charge is -2.28. The Balaban J connectivity index is 1.70. The number of hydrogen-bond acceptors (Lipinski definition) is 5. The average molecular weight is 350 g/mol. The van der Waals surface area contributed by atoms with Gasteiger partial charge in [-0.1, -0.05) is 24.3 Å². The molecule has 0 atom stereocenters. The first-order valence-electron chi connectivity index (χ1n) is 8.32. The molecule has 0 spiro atoms. The third kappa shape index (κ3) is 2.88. The van der Waals surface area contributed by atoms with Crippen LogP contribution < -0.4 is 9.64 Å². The predicted molar refractivity (Wildman–Crippen MR) is 96.1 cm³/mol. The Morgan fingerprint density at radius 2 is 1.81 bits per heavy atom. The van der Waals surface area contributed by atoms with Gasteiger partial charge >= 0.3 is 5.97 Å². The molecule has 132 valence electrons. The number of nitrogens with zero attached hydrogens (tertiary/aromatic N) is 4. The first-order valence-corrected chi connectivity index (χ1v) is 8.32. The Kier molecular flexibility index (Phi) is 4.04. The van der Waals surface area contributed by atoms with Crippen molar-refractivity contribution in [1.82, 2.24) is 15.0 Å². The summed E-state index contributed by atoms with van der Waals surface area (Å²) in [6.07, 6.45) is 0.852. The molecule has 0 bridgehead atoms. The SMILES string of the molecule is COc1ccc(-n2nc(C(=O)O)c(N3CCc4ccccc4C3)n2)cc1. The Hall–Kier alpha value is -3.35. The predicted octanol–water partition coefficient (Wildman–Crippen LogP) is 2.54. The molecule has 4 rings (SSSR count). The zero-order valence-electron chi connectivity index (χ0n) is 14.3. The number of rotatable bonds is 4. The zero-order chi connectivity index (χ0) is 18.1. The summed E-state index contributed by atoms with van der Waals surface area (Å²) in [7, 11) is 1.59. The number of carboxylic acid groups (broad SMARTS) is 1. The molecule has 1 aromatic heterocycles. The van der Waals surface area contributed by atoms with Crippen molar-refractivity contribution in [2.45, 2.75) is 13.0 Å². The van der Waals surface area contributed by atoms with Crippen molar-refractivity contribution in [3.05, 3.63) is 65.4 Å². The van der Waals surface area contributed by atoms with Crippen molar-refractivity contribution in [3.63, 3.8) is 0 Å². The number of aromatic carboxylic acids is 1. The molecule has 0 saturated heterocycles. The van der Waals surface area contributed by atoms with Gasteiger partial charge in [0.1, 0.15) is 5.75 Å². The van der Waals surface area contributed by atoms with Crippen LogP contribution in [-0.4, -0.2) is 39.7 Å². The van der Waals surface area contributed by atoms with Gasteiger partial charge in [-0.3, -0.25) is 0 Å². The lowest BCUT2D eigenvalue weighted by atomic mass is 10.00. The maximum absolute atomic E-state index is 11.7. The van der Waals surface area contributed by atoms with Crippen LogP contribution in [0.3, 0.4) is 0 Å². The summed E-state index contributed by atoms with van der Waals surface area (Å²) in [5.41, 5.74) is 3.12. The molecule has 0 fully saturated rings. The van der Waals surface area contributed by atoms with Crippen molar-refractivity contribution in [3.8, 4) is 11.4 Å². The van der Waals surface area contributed by atoms with E-state index in [9.17, 15) is 9.90 Å². The number of benzene rings is 2. The minimum absolute atomic E-state index is 0.0415. The molecule has 1 aliphatic heterocycles. The third-order valence-corrected chi connectivity index (χ3v) is 4.53. The normalized spacial score (nSPS) is 13.3. The summed E-state index contributed by atoms with van der Waals surface area (Å²) < 4.78 is 5.15. The molecular weight excluding hydrogens is 332 g/mol. The summed E-state index contributed by atoms with van der Waals surface area (Å²) in [6.45, 7) is 1.33. The van der Waals surface area contributed by atoms with Gasteiger partial charge in [0.25, 0.3) is 0 Å². The van der Waals surface area contributed by atoms with Crippen molar-refractivity contribution in [2.75, 3.05) is 18.6 Å². The van der Waals surface area contributed by atoms with Crippen LogP contribution in [0.5, 0.6) is 5.75 Å². The van der Waals surface area contributed by atoms with Crippen LogP contribution in [0.4, 0.5) is 5.82 Å². The van der Waals surface area contributed by atoms with E-state index in [1.165, 1.54) is 15.9 Å². The van der Waals surface area contributed by atoms with E-state index in [1.807, 2.05) is 17.0 Å². The maximum Gasteiger partial charge on any atom is 0.360 e. The number of aromatic nitrogens is 3. The molecule has 2 aromatic carbocycles. The van der Waals surface area contributed by atoms with E-state index in [-0.39, 0.29) is 5.69 Å². The average Bonchev–Trinajstić information content (AvgIpc) is 3.13. The van der Waals surface area contributed by atoms with Crippen LogP contribution in [0.15, 0.2) is 48.5 Å². The second kappa shape index (κ2) is 6.51. The fraction of sp³-hybridized carbons (Fsp3) is 0.211. The van der Waals surface area contributed by atoms with Crippen molar-refractivity contribution in [1.29, 1.82) is 0 Å². The van der Waals surface area contributed by atoms with Crippen LogP contribution >= 0.6 is 0 Å². The molecule has 0 amide bonds. The second-order valence-electron chi connectivity index (χ2n) is 6.11. The van der Waals surface area contributed by atoms with Gasteiger partial charge in [-0.15, -0.1) is 15.0 Å². The summed E-state index contributed by atoms with van der Waals surface area (Å²) in [5.74, 6) is 0.0219. The molecule has 0 saturated carbocycles. The van der Waals surface area contributed by atoms with Crippen LogP contribution in [-0.2, 0) is 13.0 Å². The number of ether oxygens (including phenoxy) is 1. The Morgan fingerprint density at radius 1 is 1.08 bits per heavy atom. The zero-order valence-corrected chi connectivity index (χ0v) is 14.3. The van der Waals surface area contributed by atoms with Gasteiger partial charge in [0.2, 0.25) is 5.69 Å². The molecule has 7 nitrogen and oxygen atoms in total. The number of carbonyl (C=O) groups is 1. The Labute approximate surface area is 150 Å². The second-order valence-corrected chi connectivity index (χ2v) is 6.11. The monoisotopic (exact) mass is 350 g/mol. The molecule has 3 aromatic rings. The standard InChI is InChI=1S/C19H18N4O3/c1-26-16-8-6-15(7-9-16)23-20-17(19(24)25)18(21-23)22-11-10-13-4-2-3-5-14(13)12-22/h2-9H,10-12H2,1H3,(H,24,25). The smallest absolute Gasteiger partial charge is 0.360 e. The van der Waals surface area contributed by atoms with Gasteiger partial charge in [0, 0.05) is 13.1 Å². The number of fused-ring (bicyclic) bond motifs is 1. The molecule has 1 aliphatic rings. The van der Waals surface area contributed by atoms with E-state index in [1.54, 1.807) is 31.4 Å². The first kappa shape index (κ1) is 16.1. The summed E-state index contributed by atoms with van der Waals surface area (Å²) >= 11 is 0. The molecule has 2 heterocycles. The van der Waals surface area contributed by atoms with E-state index >= 15 is 0 Å². The number of carboxylic acids is 1. The molecular formula is C19H18N4O3. The summed E-state index contributed by atoms with van der Waals surface area (Å²) in [4.78, 5) is 15.0. The van der Waals surface area contributed by atoms with E-state index in [4.69, 9.17) is 4.74 Å². The van der Waals surface area contributed by atoms with Gasteiger partial charge in [0.15, 0.2) is 5.82 Å². The molecule has 0 unspecified atom stereocenters. The lowest BCUT2D eigenvalue weighted by molar-refractivity contribution is 0.0690. The quantitative estimate of drug-likeness (QED) is 0.779. The number of anilines is 1. The highest BCUT2D eigenvalue weighted by molar-refractivity contribution is 5.91. The highest BCUT2D eigenvalue weighted by Crippen LogP contribution is 2.26. The van der Waals surface area contributed by atoms with Gasteiger partial charge in [-0.25, -0.2) is 4.79 Å². The largest absolute Gasteiger partial charge is 0.497 e. The van der Waals surface area contributed by atoms with Crippen molar-refractivity contribution < 1.29 is 14.6 Å². The van der Waals surface area contributed by atoms with Gasteiger partial charge in [-0.05, 0) is 41.8 Å². The van der Waals surface area contributed by atoms with Crippen molar-refractivity contribution >= 4 is 11.8 Å². The number of hydrogen-bond donors (Lipinski definition) is 1. The molecule has 7 heteroatoms. The molecule has 0 radical (unpaired) electrons. The van der Waals surface area contributed by atoms with E-state index in [2.05, 4.69) is 22.3 Å². The van der Waals surface area contributed by atoms with E-state index in [0.29, 0.717) is 30.3 Å². The van der Waals surface area contributed by atoms with Crippen molar-refractivity contribution in [2.24, 2.45) is 0 Å². The summed E-state index contributed by atoms with van der Waals surface area (Å²) in [5, 5.41) is 18.2. The Bertz CT molecular complexity index is 950. The molecule has 26 heavy (non-hydrogen) atoms. The number of methoxy groups -OCH3 is 1. The lowest BCUT2D eigenvalue weighted by Crippen LogP contribution is -2.31. The van der Waals surface area contributed by atoms with Gasteiger partial charge in [-0.2, -0.15) is 0 Å². The van der Waals surface area contributed by atoms with Crippen LogP contribution in [0.2, 0.25) is 0 Å². The topological polar surface area (TPSA) is 80.5 Å². The maximum atomic E-state index is 11.7. The van der Waals surface area contributed by atoms with Crippen LogP contribution in [0.1, 0.15) is 21.6 Å². The van der Waals surface area contributed by atoms with Crippen LogP contribution in [0, 0.1) is 0 Å². The van der Waals surface area contributed by atoms with E-state index < -0.39 is 5.97 Å². The van der Waals surface area contributed by atoms with Gasteiger partial charge in [0.05, 0.1) is 12.8 Å². The molecule has 0 aliphatic carbocycles. The highest BCUT2D eigenvalue weighted by Gasteiger charge is 2.26. The van der Waals surface area contributed by atoms with Crippen LogP contribution in [0.25, 0.3) is 5.69 Å².